The molecule has 2 heterocycles. The van der Waals surface area contributed by atoms with Crippen molar-refractivity contribution in [1.29, 1.82) is 0 Å². The minimum absolute atomic E-state index is 0.0911. The van der Waals surface area contributed by atoms with Gasteiger partial charge in [-0.1, -0.05) is 0 Å². The maximum absolute atomic E-state index is 12.1. The molecule has 0 amide bonds. The second-order valence-electron chi connectivity index (χ2n) is 4.60. The Morgan fingerprint density at radius 3 is 2.85 bits per heavy atom. The van der Waals surface area contributed by atoms with Crippen molar-refractivity contribution in [2.45, 2.75) is 6.92 Å². The molecule has 20 heavy (non-hydrogen) atoms. The second-order valence-corrected chi connectivity index (χ2v) is 4.60. The van der Waals surface area contributed by atoms with Gasteiger partial charge in [-0.25, -0.2) is 0 Å². The minimum atomic E-state index is -0.0911. The van der Waals surface area contributed by atoms with Gasteiger partial charge in [0.2, 0.25) is 6.79 Å². The van der Waals surface area contributed by atoms with Gasteiger partial charge in [0.05, 0.1) is 5.69 Å². The van der Waals surface area contributed by atoms with E-state index in [-0.39, 0.29) is 12.6 Å². The number of rotatable bonds is 3. The van der Waals surface area contributed by atoms with E-state index in [4.69, 9.17) is 9.47 Å². The van der Waals surface area contributed by atoms with Crippen LogP contribution in [0.3, 0.4) is 0 Å². The highest BCUT2D eigenvalue weighted by Gasteiger charge is 2.15. The number of fused-ring (bicyclic) bond motifs is 1. The fourth-order valence-corrected chi connectivity index (χ4v) is 1.98. The Hall–Kier alpha value is -2.56. The highest BCUT2D eigenvalue weighted by atomic mass is 16.7. The van der Waals surface area contributed by atoms with Crippen LogP contribution in [-0.2, 0) is 7.05 Å². The lowest BCUT2D eigenvalue weighted by Gasteiger charge is -1.98. The van der Waals surface area contributed by atoms with Crippen LogP contribution in [0.15, 0.2) is 30.3 Å². The predicted octanol–water partition coefficient (Wildman–Crippen LogP) is 2.35. The van der Waals surface area contributed by atoms with Crippen LogP contribution in [0.5, 0.6) is 11.5 Å². The molecular weight excluding hydrogens is 256 g/mol. The molecule has 0 unspecified atom stereocenters. The molecule has 0 N–H and O–H groups in total. The van der Waals surface area contributed by atoms with Crippen LogP contribution in [0.2, 0.25) is 0 Å². The zero-order chi connectivity index (χ0) is 14.1. The molecule has 0 saturated carbocycles. The zero-order valence-electron chi connectivity index (χ0n) is 11.3. The van der Waals surface area contributed by atoms with E-state index in [0.717, 1.165) is 11.4 Å². The Bertz CT molecular complexity index is 682. The average Bonchev–Trinajstić information content (AvgIpc) is 3.02. The predicted molar refractivity (Wildman–Crippen MR) is 73.9 cm³/mol. The van der Waals surface area contributed by atoms with Gasteiger partial charge in [-0.2, -0.15) is 5.10 Å². The molecule has 0 atom stereocenters. The molecule has 0 radical (unpaired) electrons. The van der Waals surface area contributed by atoms with E-state index in [0.29, 0.717) is 17.1 Å². The third-order valence-corrected chi connectivity index (χ3v) is 3.20. The van der Waals surface area contributed by atoms with Crippen molar-refractivity contribution in [2.75, 3.05) is 6.79 Å². The number of ether oxygens (including phenoxy) is 2. The first kappa shape index (κ1) is 12.5. The topological polar surface area (TPSA) is 53.4 Å². The molecule has 2 aromatic rings. The van der Waals surface area contributed by atoms with E-state index in [9.17, 15) is 4.79 Å². The summed E-state index contributed by atoms with van der Waals surface area (Å²) in [6.45, 7) is 2.17. The summed E-state index contributed by atoms with van der Waals surface area (Å²) in [5, 5.41) is 4.27. The molecule has 0 spiro atoms. The van der Waals surface area contributed by atoms with Crippen LogP contribution in [0, 0.1) is 6.92 Å². The molecule has 0 saturated heterocycles. The highest BCUT2D eigenvalue weighted by molar-refractivity contribution is 6.07. The Morgan fingerprint density at radius 2 is 2.10 bits per heavy atom. The van der Waals surface area contributed by atoms with Crippen LogP contribution in [0.25, 0.3) is 6.08 Å². The summed E-state index contributed by atoms with van der Waals surface area (Å²) in [6, 6.07) is 7.08. The molecule has 1 aliphatic heterocycles. The van der Waals surface area contributed by atoms with Crippen molar-refractivity contribution in [3.63, 3.8) is 0 Å². The summed E-state index contributed by atoms with van der Waals surface area (Å²) < 4.78 is 12.2. The van der Waals surface area contributed by atoms with E-state index in [1.54, 1.807) is 29.0 Å². The lowest BCUT2D eigenvalue weighted by molar-refractivity contribution is 0.104. The van der Waals surface area contributed by atoms with Crippen molar-refractivity contribution < 1.29 is 14.3 Å². The van der Waals surface area contributed by atoms with Crippen molar-refractivity contribution in [3.05, 3.63) is 47.3 Å². The monoisotopic (exact) mass is 270 g/mol. The molecule has 1 aromatic heterocycles. The van der Waals surface area contributed by atoms with Gasteiger partial charge < -0.3 is 9.47 Å². The number of allylic oxidation sites excluding steroid dienone is 1. The van der Waals surface area contributed by atoms with Crippen LogP contribution in [0.4, 0.5) is 0 Å². The Balaban J connectivity index is 1.79. The van der Waals surface area contributed by atoms with E-state index < -0.39 is 0 Å². The van der Waals surface area contributed by atoms with E-state index >= 15 is 0 Å². The lowest BCUT2D eigenvalue weighted by atomic mass is 10.1. The Kier molecular flexibility index (Phi) is 3.02. The van der Waals surface area contributed by atoms with Gasteiger partial charge in [0.25, 0.3) is 0 Å². The zero-order valence-corrected chi connectivity index (χ0v) is 11.3. The summed E-state index contributed by atoms with van der Waals surface area (Å²) in [7, 11) is 1.87. The van der Waals surface area contributed by atoms with Crippen LogP contribution < -0.4 is 9.47 Å². The van der Waals surface area contributed by atoms with Crippen LogP contribution in [-0.4, -0.2) is 22.4 Å². The van der Waals surface area contributed by atoms with E-state index in [1.807, 2.05) is 20.0 Å². The molecule has 102 valence electrons. The number of carbonyl (C=O) groups excluding carboxylic acids is 1. The van der Waals surface area contributed by atoms with Gasteiger partial charge in [-0.3, -0.25) is 9.48 Å². The van der Waals surface area contributed by atoms with Gasteiger partial charge in [-0.05, 0) is 43.3 Å². The lowest BCUT2D eigenvalue weighted by Crippen LogP contribution is -1.95. The number of ketones is 1. The summed E-state index contributed by atoms with van der Waals surface area (Å²) in [6.07, 6.45) is 3.22. The maximum atomic E-state index is 12.1. The molecule has 0 fully saturated rings. The number of aryl methyl sites for hydroxylation is 2. The van der Waals surface area contributed by atoms with Gasteiger partial charge in [0.1, 0.15) is 0 Å². The largest absolute Gasteiger partial charge is 0.454 e. The number of carbonyl (C=O) groups is 1. The number of nitrogens with zero attached hydrogens (tertiary/aromatic N) is 2. The maximum Gasteiger partial charge on any atom is 0.231 e. The van der Waals surface area contributed by atoms with Gasteiger partial charge >= 0.3 is 0 Å². The third-order valence-electron chi connectivity index (χ3n) is 3.20. The van der Waals surface area contributed by atoms with Crippen molar-refractivity contribution in [1.82, 2.24) is 9.78 Å². The van der Waals surface area contributed by atoms with Gasteiger partial charge in [-0.15, -0.1) is 0 Å². The average molecular weight is 270 g/mol. The van der Waals surface area contributed by atoms with Gasteiger partial charge in [0.15, 0.2) is 17.3 Å². The fourth-order valence-electron chi connectivity index (χ4n) is 1.98. The highest BCUT2D eigenvalue weighted by Crippen LogP contribution is 2.32. The normalized spacial score (nSPS) is 13.1. The van der Waals surface area contributed by atoms with Crippen molar-refractivity contribution >= 4 is 11.9 Å². The summed E-state index contributed by atoms with van der Waals surface area (Å²) >= 11 is 0. The van der Waals surface area contributed by atoms with Crippen molar-refractivity contribution in [3.8, 4) is 11.5 Å². The number of aromatic nitrogens is 2. The number of benzene rings is 1. The molecular formula is C15H14N2O3. The molecule has 5 heteroatoms. The quantitative estimate of drug-likeness (QED) is 0.634. The number of hydrogen-bond donors (Lipinski definition) is 0. The first-order chi connectivity index (χ1) is 9.63. The third kappa shape index (κ3) is 2.30. The summed E-state index contributed by atoms with van der Waals surface area (Å²) in [5.74, 6) is 1.19. The molecule has 1 aliphatic rings. The second kappa shape index (κ2) is 4.85. The number of hydrogen-bond acceptors (Lipinski definition) is 4. The summed E-state index contributed by atoms with van der Waals surface area (Å²) in [4.78, 5) is 12.1. The Morgan fingerprint density at radius 1 is 1.30 bits per heavy atom. The smallest absolute Gasteiger partial charge is 0.231 e. The molecule has 0 bridgehead atoms. The van der Waals surface area contributed by atoms with Crippen molar-refractivity contribution in [2.24, 2.45) is 7.05 Å². The first-order valence-corrected chi connectivity index (χ1v) is 6.26. The summed E-state index contributed by atoms with van der Waals surface area (Å²) in [5.41, 5.74) is 2.37. The fraction of sp³-hybridized carbons (Fsp3) is 0.200. The first-order valence-electron chi connectivity index (χ1n) is 6.26. The standard InChI is InChI=1S/C15H14N2O3/c1-10-7-12(16-17(10)2)4-5-13(18)11-3-6-14-15(8-11)20-9-19-14/h3-8H,9H2,1-2H3/b5-4+. The van der Waals surface area contributed by atoms with Gasteiger partial charge in [0, 0.05) is 18.3 Å². The SMILES string of the molecule is Cc1cc(/C=C/C(=O)c2ccc3c(c2)OCO3)nn1C. The van der Waals surface area contributed by atoms with Crippen LogP contribution >= 0.6 is 0 Å². The van der Waals surface area contributed by atoms with Crippen LogP contribution in [0.1, 0.15) is 21.7 Å². The Labute approximate surface area is 116 Å². The molecule has 5 nitrogen and oxygen atoms in total. The molecule has 3 rings (SSSR count). The minimum Gasteiger partial charge on any atom is -0.454 e. The molecule has 1 aromatic carbocycles. The van der Waals surface area contributed by atoms with E-state index in [2.05, 4.69) is 5.10 Å². The molecule has 0 aliphatic carbocycles. The van der Waals surface area contributed by atoms with E-state index in [1.165, 1.54) is 6.08 Å².